The number of hydrogen-bond acceptors (Lipinski definition) is 2. The van der Waals surface area contributed by atoms with Gasteiger partial charge in [0.25, 0.3) is 0 Å². The number of likely N-dealkylation sites (tertiary alicyclic amines) is 1. The summed E-state index contributed by atoms with van der Waals surface area (Å²) in [7, 11) is 0. The summed E-state index contributed by atoms with van der Waals surface area (Å²) in [5.41, 5.74) is 1.27. The van der Waals surface area contributed by atoms with Crippen LogP contribution in [0.2, 0.25) is 0 Å². The molecule has 128 valence electrons. The lowest BCUT2D eigenvalue weighted by atomic mass is 9.92. The molecule has 3 rings (SSSR count). The van der Waals surface area contributed by atoms with Gasteiger partial charge in [0.1, 0.15) is 0 Å². The number of rotatable bonds is 4. The van der Waals surface area contributed by atoms with E-state index in [-0.39, 0.29) is 12.1 Å². The van der Waals surface area contributed by atoms with E-state index < -0.39 is 0 Å². The molecule has 0 aliphatic carbocycles. The maximum atomic E-state index is 12.3. The van der Waals surface area contributed by atoms with Crippen LogP contribution >= 0.6 is 0 Å². The van der Waals surface area contributed by atoms with Crippen LogP contribution in [0.1, 0.15) is 25.3 Å². The number of hydrogen-bond donors (Lipinski definition) is 2. The number of amides is 2. The first-order valence-corrected chi connectivity index (χ1v) is 8.82. The first kappa shape index (κ1) is 16.8. The van der Waals surface area contributed by atoms with Crippen molar-refractivity contribution in [1.82, 2.24) is 10.2 Å². The SMILES string of the molecule is CC(O)C1CCN(C(=O)NCCc2cccc3ccccc23)CC1. The van der Waals surface area contributed by atoms with E-state index in [1.165, 1.54) is 16.3 Å². The summed E-state index contributed by atoms with van der Waals surface area (Å²) < 4.78 is 0. The summed E-state index contributed by atoms with van der Waals surface area (Å²) in [6.07, 6.45) is 2.32. The van der Waals surface area contributed by atoms with Crippen molar-refractivity contribution in [3.63, 3.8) is 0 Å². The number of nitrogens with zero attached hydrogens (tertiary/aromatic N) is 1. The summed E-state index contributed by atoms with van der Waals surface area (Å²) in [5, 5.41) is 15.2. The zero-order chi connectivity index (χ0) is 16.9. The Balaban J connectivity index is 1.50. The maximum Gasteiger partial charge on any atom is 0.317 e. The number of aliphatic hydroxyl groups excluding tert-OH is 1. The predicted octanol–water partition coefficient (Wildman–Crippen LogP) is 3.18. The molecule has 1 atom stereocenters. The van der Waals surface area contributed by atoms with Crippen LogP contribution in [0.15, 0.2) is 42.5 Å². The van der Waals surface area contributed by atoms with Crippen molar-refractivity contribution in [3.8, 4) is 0 Å². The summed E-state index contributed by atoms with van der Waals surface area (Å²) in [6.45, 7) is 3.94. The molecular weight excluding hydrogens is 300 g/mol. The van der Waals surface area contributed by atoms with Gasteiger partial charge in [0.15, 0.2) is 0 Å². The van der Waals surface area contributed by atoms with Gasteiger partial charge in [0, 0.05) is 19.6 Å². The Kier molecular flexibility index (Phi) is 5.36. The number of carbonyl (C=O) groups is 1. The monoisotopic (exact) mass is 326 g/mol. The molecule has 4 nitrogen and oxygen atoms in total. The number of aliphatic hydroxyl groups is 1. The van der Waals surface area contributed by atoms with Gasteiger partial charge in [-0.3, -0.25) is 0 Å². The van der Waals surface area contributed by atoms with Gasteiger partial charge in [-0.2, -0.15) is 0 Å². The summed E-state index contributed by atoms with van der Waals surface area (Å²) >= 11 is 0. The Morgan fingerprint density at radius 3 is 2.67 bits per heavy atom. The highest BCUT2D eigenvalue weighted by atomic mass is 16.3. The van der Waals surface area contributed by atoms with Gasteiger partial charge >= 0.3 is 6.03 Å². The lowest BCUT2D eigenvalue weighted by Gasteiger charge is -2.33. The third-order valence-corrected chi connectivity index (χ3v) is 5.06. The average Bonchev–Trinajstić information content (AvgIpc) is 2.62. The third kappa shape index (κ3) is 3.88. The topological polar surface area (TPSA) is 52.6 Å². The minimum absolute atomic E-state index is 0.0132. The van der Waals surface area contributed by atoms with Crippen LogP contribution in [0.3, 0.4) is 0 Å². The van der Waals surface area contributed by atoms with Crippen molar-refractivity contribution in [2.75, 3.05) is 19.6 Å². The Morgan fingerprint density at radius 2 is 1.92 bits per heavy atom. The van der Waals surface area contributed by atoms with Gasteiger partial charge in [-0.25, -0.2) is 4.79 Å². The zero-order valence-corrected chi connectivity index (χ0v) is 14.2. The van der Waals surface area contributed by atoms with Crippen molar-refractivity contribution in [2.45, 2.75) is 32.3 Å². The van der Waals surface area contributed by atoms with E-state index in [9.17, 15) is 9.90 Å². The fraction of sp³-hybridized carbons (Fsp3) is 0.450. The Labute approximate surface area is 143 Å². The highest BCUT2D eigenvalue weighted by Gasteiger charge is 2.25. The molecule has 2 aromatic carbocycles. The summed E-state index contributed by atoms with van der Waals surface area (Å²) in [4.78, 5) is 14.1. The van der Waals surface area contributed by atoms with Crippen molar-refractivity contribution >= 4 is 16.8 Å². The molecule has 0 bridgehead atoms. The number of nitrogens with one attached hydrogen (secondary N) is 1. The highest BCUT2D eigenvalue weighted by molar-refractivity contribution is 5.85. The molecule has 0 radical (unpaired) electrons. The van der Waals surface area contributed by atoms with Gasteiger partial charge in [-0.15, -0.1) is 0 Å². The lowest BCUT2D eigenvalue weighted by molar-refractivity contribution is 0.0799. The van der Waals surface area contributed by atoms with Crippen molar-refractivity contribution in [2.24, 2.45) is 5.92 Å². The molecule has 24 heavy (non-hydrogen) atoms. The Bertz CT molecular complexity index is 686. The van der Waals surface area contributed by atoms with Crippen molar-refractivity contribution in [1.29, 1.82) is 0 Å². The van der Waals surface area contributed by atoms with Crippen LogP contribution in [-0.2, 0) is 6.42 Å². The van der Waals surface area contributed by atoms with Crippen LogP contribution in [0.25, 0.3) is 10.8 Å². The van der Waals surface area contributed by atoms with Crippen LogP contribution in [0.5, 0.6) is 0 Å². The van der Waals surface area contributed by atoms with E-state index in [1.54, 1.807) is 0 Å². The quantitative estimate of drug-likeness (QED) is 0.906. The fourth-order valence-corrected chi connectivity index (χ4v) is 3.51. The standard InChI is InChI=1S/C20H26N2O2/c1-15(23)16-10-13-22(14-11-16)20(24)21-12-9-18-7-4-6-17-5-2-3-8-19(17)18/h2-8,15-16,23H,9-14H2,1H3,(H,21,24). The molecular formula is C20H26N2O2. The molecule has 1 saturated heterocycles. The second-order valence-electron chi connectivity index (χ2n) is 6.69. The smallest absolute Gasteiger partial charge is 0.317 e. The second-order valence-corrected chi connectivity index (χ2v) is 6.69. The molecule has 2 amide bonds. The Morgan fingerprint density at radius 1 is 1.21 bits per heavy atom. The number of benzene rings is 2. The molecule has 1 unspecified atom stereocenters. The van der Waals surface area contributed by atoms with Gasteiger partial charge < -0.3 is 15.3 Å². The second kappa shape index (κ2) is 7.67. The van der Waals surface area contributed by atoms with Crippen molar-refractivity contribution < 1.29 is 9.90 Å². The molecule has 2 aromatic rings. The van der Waals surface area contributed by atoms with Crippen LogP contribution in [0.4, 0.5) is 4.79 Å². The van der Waals surface area contributed by atoms with Gasteiger partial charge in [-0.05, 0) is 48.4 Å². The van der Waals surface area contributed by atoms with Crippen LogP contribution < -0.4 is 5.32 Å². The Hall–Kier alpha value is -2.07. The number of fused-ring (bicyclic) bond motifs is 1. The van der Waals surface area contributed by atoms with Crippen molar-refractivity contribution in [3.05, 3.63) is 48.0 Å². The fourth-order valence-electron chi connectivity index (χ4n) is 3.51. The van der Waals surface area contributed by atoms with Crippen LogP contribution in [-0.4, -0.2) is 41.8 Å². The predicted molar refractivity (Wildman–Crippen MR) is 97.0 cm³/mol. The molecule has 4 heteroatoms. The van der Waals surface area contributed by atoms with E-state index in [4.69, 9.17) is 0 Å². The number of piperidine rings is 1. The average molecular weight is 326 g/mol. The van der Waals surface area contributed by atoms with E-state index in [0.717, 1.165) is 32.4 Å². The minimum Gasteiger partial charge on any atom is -0.393 e. The largest absolute Gasteiger partial charge is 0.393 e. The first-order valence-electron chi connectivity index (χ1n) is 8.82. The molecule has 1 fully saturated rings. The van der Waals surface area contributed by atoms with Gasteiger partial charge in [0.05, 0.1) is 6.10 Å². The molecule has 0 spiro atoms. The number of carbonyl (C=O) groups excluding carboxylic acids is 1. The van der Waals surface area contributed by atoms with E-state index in [0.29, 0.717) is 12.5 Å². The van der Waals surface area contributed by atoms with Crippen LogP contribution in [0, 0.1) is 5.92 Å². The molecule has 1 aliphatic rings. The zero-order valence-electron chi connectivity index (χ0n) is 14.2. The van der Waals surface area contributed by atoms with E-state index in [1.807, 2.05) is 17.9 Å². The molecule has 2 N–H and O–H groups in total. The normalized spacial score (nSPS) is 17.0. The minimum atomic E-state index is -0.276. The summed E-state index contributed by atoms with van der Waals surface area (Å²) in [5.74, 6) is 0.324. The lowest BCUT2D eigenvalue weighted by Crippen LogP contribution is -2.46. The highest BCUT2D eigenvalue weighted by Crippen LogP contribution is 2.21. The number of urea groups is 1. The first-order chi connectivity index (χ1) is 11.6. The summed E-state index contributed by atoms with van der Waals surface area (Å²) in [6, 6.07) is 14.7. The molecule has 1 heterocycles. The van der Waals surface area contributed by atoms with Gasteiger partial charge in [-0.1, -0.05) is 42.5 Å². The molecule has 0 saturated carbocycles. The molecule has 0 aromatic heterocycles. The maximum absolute atomic E-state index is 12.3. The molecule has 1 aliphatic heterocycles. The third-order valence-electron chi connectivity index (χ3n) is 5.06. The van der Waals surface area contributed by atoms with E-state index in [2.05, 4.69) is 41.7 Å². The van der Waals surface area contributed by atoms with Gasteiger partial charge in [0.2, 0.25) is 0 Å². The van der Waals surface area contributed by atoms with E-state index >= 15 is 0 Å².